The Hall–Kier alpha value is -1.85. The van der Waals surface area contributed by atoms with E-state index >= 15 is 0 Å². The molecule has 90 valence electrons. The highest BCUT2D eigenvalue weighted by Crippen LogP contribution is 2.37. The third-order valence-corrected chi connectivity index (χ3v) is 2.55. The third kappa shape index (κ3) is 2.02. The fourth-order valence-electron chi connectivity index (χ4n) is 1.75. The Morgan fingerprint density at radius 1 is 1.12 bits per heavy atom. The maximum atomic E-state index is 12.7. The predicted octanol–water partition coefficient (Wildman–Crippen LogP) is 2.01. The zero-order valence-electron chi connectivity index (χ0n) is 8.62. The molecule has 1 saturated heterocycles. The summed E-state index contributed by atoms with van der Waals surface area (Å²) in [6.07, 6.45) is -4.58. The van der Waals surface area contributed by atoms with Crippen molar-refractivity contribution >= 4 is 17.4 Å². The van der Waals surface area contributed by atoms with Crippen molar-refractivity contribution in [1.82, 2.24) is 0 Å². The Balaban J connectivity index is 2.46. The van der Waals surface area contributed by atoms with E-state index in [1.807, 2.05) is 0 Å². The van der Waals surface area contributed by atoms with Gasteiger partial charge in [0.2, 0.25) is 5.78 Å². The second kappa shape index (κ2) is 3.87. The van der Waals surface area contributed by atoms with E-state index < -0.39 is 23.4 Å². The summed E-state index contributed by atoms with van der Waals surface area (Å²) < 4.78 is 38.1. The van der Waals surface area contributed by atoms with Crippen LogP contribution in [0.25, 0.3) is 0 Å². The van der Waals surface area contributed by atoms with Crippen molar-refractivity contribution in [3.63, 3.8) is 0 Å². The SMILES string of the molecule is O=C1CCN(c2ccccc2C(F)(F)F)C1=O. The lowest BCUT2D eigenvalue weighted by molar-refractivity contribution is -0.137. The van der Waals surface area contributed by atoms with Gasteiger partial charge in [0, 0.05) is 13.0 Å². The lowest BCUT2D eigenvalue weighted by Gasteiger charge is -2.20. The zero-order chi connectivity index (χ0) is 12.6. The van der Waals surface area contributed by atoms with Crippen molar-refractivity contribution in [1.29, 1.82) is 0 Å². The van der Waals surface area contributed by atoms with Crippen LogP contribution >= 0.6 is 0 Å². The highest BCUT2D eigenvalue weighted by molar-refractivity contribution is 6.43. The van der Waals surface area contributed by atoms with Crippen LogP contribution in [0.2, 0.25) is 0 Å². The number of Topliss-reactive ketones (excluding diaryl/α,β-unsaturated/α-hetero) is 1. The summed E-state index contributed by atoms with van der Waals surface area (Å²) >= 11 is 0. The Kier molecular flexibility index (Phi) is 2.65. The normalized spacial score (nSPS) is 16.8. The molecule has 0 atom stereocenters. The van der Waals surface area contributed by atoms with Crippen LogP contribution in [0.5, 0.6) is 0 Å². The minimum absolute atomic E-state index is 0.00472. The Morgan fingerprint density at radius 2 is 1.76 bits per heavy atom. The van der Waals surface area contributed by atoms with Crippen LogP contribution in [0.15, 0.2) is 24.3 Å². The molecular formula is C11H8F3NO2. The van der Waals surface area contributed by atoms with Crippen LogP contribution in [-0.4, -0.2) is 18.2 Å². The largest absolute Gasteiger partial charge is 0.418 e. The standard InChI is InChI=1S/C11H8F3NO2/c12-11(13,14)7-3-1-2-4-8(7)15-6-5-9(16)10(15)17/h1-4H,5-6H2. The molecule has 6 heteroatoms. The van der Waals surface area contributed by atoms with E-state index in [0.717, 1.165) is 11.0 Å². The molecular weight excluding hydrogens is 235 g/mol. The number of amides is 1. The molecule has 1 amide bonds. The first-order valence-electron chi connectivity index (χ1n) is 4.92. The topological polar surface area (TPSA) is 37.4 Å². The smallest absolute Gasteiger partial charge is 0.305 e. The van der Waals surface area contributed by atoms with Gasteiger partial charge in [0.1, 0.15) is 0 Å². The molecule has 0 spiro atoms. The summed E-state index contributed by atoms with van der Waals surface area (Å²) in [5, 5.41) is 0. The van der Waals surface area contributed by atoms with Crippen LogP contribution in [0, 0.1) is 0 Å². The van der Waals surface area contributed by atoms with Crippen molar-refractivity contribution in [2.24, 2.45) is 0 Å². The Bertz CT molecular complexity index is 482. The van der Waals surface area contributed by atoms with Gasteiger partial charge in [-0.05, 0) is 12.1 Å². The van der Waals surface area contributed by atoms with Gasteiger partial charge in [-0.2, -0.15) is 13.2 Å². The number of hydrogen-bond donors (Lipinski definition) is 0. The first-order valence-corrected chi connectivity index (χ1v) is 4.92. The van der Waals surface area contributed by atoms with Gasteiger partial charge in [-0.15, -0.1) is 0 Å². The van der Waals surface area contributed by atoms with Crippen molar-refractivity contribution in [2.45, 2.75) is 12.6 Å². The molecule has 0 aromatic heterocycles. The van der Waals surface area contributed by atoms with Crippen molar-refractivity contribution in [3.05, 3.63) is 29.8 Å². The molecule has 17 heavy (non-hydrogen) atoms. The van der Waals surface area contributed by atoms with Gasteiger partial charge in [0.25, 0.3) is 5.91 Å². The highest BCUT2D eigenvalue weighted by atomic mass is 19.4. The first kappa shape index (κ1) is 11.6. The molecule has 0 unspecified atom stereocenters. The molecule has 0 bridgehead atoms. The molecule has 0 saturated carbocycles. The molecule has 1 fully saturated rings. The summed E-state index contributed by atoms with van der Waals surface area (Å²) in [7, 11) is 0. The zero-order valence-corrected chi connectivity index (χ0v) is 8.62. The minimum atomic E-state index is -4.54. The minimum Gasteiger partial charge on any atom is -0.305 e. The van der Waals surface area contributed by atoms with E-state index in [1.54, 1.807) is 0 Å². The number of ketones is 1. The van der Waals surface area contributed by atoms with E-state index in [-0.39, 0.29) is 18.7 Å². The molecule has 3 nitrogen and oxygen atoms in total. The monoisotopic (exact) mass is 243 g/mol. The van der Waals surface area contributed by atoms with Crippen LogP contribution in [0.1, 0.15) is 12.0 Å². The summed E-state index contributed by atoms with van der Waals surface area (Å²) in [4.78, 5) is 23.3. The van der Waals surface area contributed by atoms with E-state index in [1.165, 1.54) is 18.2 Å². The molecule has 0 radical (unpaired) electrons. The lowest BCUT2D eigenvalue weighted by Crippen LogP contribution is -2.29. The summed E-state index contributed by atoms with van der Waals surface area (Å²) in [6, 6.07) is 4.74. The molecule has 1 aromatic rings. The molecule has 1 heterocycles. The van der Waals surface area contributed by atoms with E-state index in [9.17, 15) is 22.8 Å². The number of benzene rings is 1. The molecule has 2 rings (SSSR count). The van der Waals surface area contributed by atoms with Gasteiger partial charge >= 0.3 is 6.18 Å². The second-order valence-electron chi connectivity index (χ2n) is 3.64. The average molecular weight is 243 g/mol. The summed E-state index contributed by atoms with van der Waals surface area (Å²) in [5.41, 5.74) is -1.15. The second-order valence-corrected chi connectivity index (χ2v) is 3.64. The average Bonchev–Trinajstić information content (AvgIpc) is 2.59. The lowest BCUT2D eigenvalue weighted by atomic mass is 10.1. The van der Waals surface area contributed by atoms with Gasteiger partial charge in [-0.3, -0.25) is 9.59 Å². The number of halogens is 3. The number of alkyl halides is 3. The quantitative estimate of drug-likeness (QED) is 0.707. The number of carbonyl (C=O) groups is 2. The van der Waals surface area contributed by atoms with Gasteiger partial charge in [-0.1, -0.05) is 12.1 Å². The first-order chi connectivity index (χ1) is 7.91. The maximum absolute atomic E-state index is 12.7. The van der Waals surface area contributed by atoms with Crippen LogP contribution in [-0.2, 0) is 15.8 Å². The van der Waals surface area contributed by atoms with E-state index in [2.05, 4.69) is 0 Å². The predicted molar refractivity (Wildman–Crippen MR) is 53.4 cm³/mol. The third-order valence-electron chi connectivity index (χ3n) is 2.55. The summed E-state index contributed by atoms with van der Waals surface area (Å²) in [6.45, 7) is 0.00472. The van der Waals surface area contributed by atoms with Crippen LogP contribution in [0.4, 0.5) is 18.9 Å². The maximum Gasteiger partial charge on any atom is 0.418 e. The van der Waals surface area contributed by atoms with Gasteiger partial charge in [0.05, 0.1) is 11.3 Å². The molecule has 0 N–H and O–H groups in total. The van der Waals surface area contributed by atoms with Gasteiger partial charge in [0.15, 0.2) is 0 Å². The molecule has 1 aliphatic heterocycles. The fraction of sp³-hybridized carbons (Fsp3) is 0.273. The number of hydrogen-bond acceptors (Lipinski definition) is 2. The number of nitrogens with zero attached hydrogens (tertiary/aromatic N) is 1. The number of rotatable bonds is 1. The molecule has 0 aliphatic carbocycles. The van der Waals surface area contributed by atoms with Gasteiger partial charge < -0.3 is 4.90 Å². The van der Waals surface area contributed by atoms with E-state index in [0.29, 0.717) is 0 Å². The fourth-order valence-corrected chi connectivity index (χ4v) is 1.75. The molecule has 1 aromatic carbocycles. The Morgan fingerprint density at radius 3 is 2.29 bits per heavy atom. The highest BCUT2D eigenvalue weighted by Gasteiger charge is 2.38. The number of carbonyl (C=O) groups excluding carboxylic acids is 2. The van der Waals surface area contributed by atoms with Crippen molar-refractivity contribution < 1.29 is 22.8 Å². The Labute approximate surface area is 94.8 Å². The summed E-state index contributed by atoms with van der Waals surface area (Å²) in [5.74, 6) is -1.52. The van der Waals surface area contributed by atoms with Crippen LogP contribution in [0.3, 0.4) is 0 Å². The van der Waals surface area contributed by atoms with Gasteiger partial charge in [-0.25, -0.2) is 0 Å². The number of anilines is 1. The van der Waals surface area contributed by atoms with Crippen molar-refractivity contribution in [2.75, 3.05) is 11.4 Å². The van der Waals surface area contributed by atoms with Crippen molar-refractivity contribution in [3.8, 4) is 0 Å². The number of para-hydroxylation sites is 1. The van der Waals surface area contributed by atoms with E-state index in [4.69, 9.17) is 0 Å². The van der Waals surface area contributed by atoms with Crippen LogP contribution < -0.4 is 4.90 Å². The molecule has 1 aliphatic rings.